The van der Waals surface area contributed by atoms with Crippen molar-refractivity contribution >= 4 is 11.8 Å². The summed E-state index contributed by atoms with van der Waals surface area (Å²) in [5.74, 6) is 0.397. The van der Waals surface area contributed by atoms with Crippen LogP contribution in [0, 0.1) is 5.92 Å². The Balaban J connectivity index is 1.87. The zero-order chi connectivity index (χ0) is 13.1. The summed E-state index contributed by atoms with van der Waals surface area (Å²) in [5.41, 5.74) is 0. The number of aryl methyl sites for hydroxylation is 1. The van der Waals surface area contributed by atoms with Gasteiger partial charge in [-0.1, -0.05) is 0 Å². The molecule has 7 nitrogen and oxygen atoms in total. The molecule has 2 amide bonds. The fraction of sp³-hybridized carbons (Fsp3) is 0.636. The van der Waals surface area contributed by atoms with Crippen LogP contribution in [0.3, 0.4) is 0 Å². The van der Waals surface area contributed by atoms with Gasteiger partial charge in [-0.3, -0.25) is 9.59 Å². The van der Waals surface area contributed by atoms with E-state index in [0.29, 0.717) is 19.5 Å². The monoisotopic (exact) mass is 251 g/mol. The molecule has 1 aliphatic rings. The zero-order valence-corrected chi connectivity index (χ0v) is 10.6. The molecule has 1 aliphatic heterocycles. The molecule has 1 atom stereocenters. The summed E-state index contributed by atoms with van der Waals surface area (Å²) in [4.78, 5) is 24.8. The lowest BCUT2D eigenvalue weighted by Gasteiger charge is -2.11. The number of nitrogens with zero attached hydrogens (tertiary/aromatic N) is 4. The van der Waals surface area contributed by atoms with Gasteiger partial charge in [0.2, 0.25) is 11.8 Å². The minimum absolute atomic E-state index is 0.0203. The summed E-state index contributed by atoms with van der Waals surface area (Å²) in [7, 11) is 1.71. The Labute approximate surface area is 105 Å². The van der Waals surface area contributed by atoms with Crippen LogP contribution in [-0.4, -0.2) is 45.1 Å². The molecule has 1 aromatic rings. The van der Waals surface area contributed by atoms with Gasteiger partial charge in [-0.25, -0.2) is 0 Å². The first-order chi connectivity index (χ1) is 8.61. The molecule has 98 valence electrons. The predicted molar refractivity (Wildman–Crippen MR) is 63.3 cm³/mol. The molecule has 7 heteroatoms. The van der Waals surface area contributed by atoms with Crippen LogP contribution >= 0.6 is 0 Å². The van der Waals surface area contributed by atoms with Crippen molar-refractivity contribution in [1.82, 2.24) is 25.0 Å². The van der Waals surface area contributed by atoms with Gasteiger partial charge in [-0.2, -0.15) is 0 Å². The van der Waals surface area contributed by atoms with Crippen molar-refractivity contribution < 1.29 is 9.59 Å². The van der Waals surface area contributed by atoms with Gasteiger partial charge >= 0.3 is 0 Å². The first-order valence-electron chi connectivity index (χ1n) is 6.00. The number of nitrogens with one attached hydrogen (secondary N) is 1. The minimum Gasteiger partial charge on any atom is -0.348 e. The van der Waals surface area contributed by atoms with Gasteiger partial charge in [0.25, 0.3) is 0 Å². The fourth-order valence-corrected chi connectivity index (χ4v) is 2.03. The fourth-order valence-electron chi connectivity index (χ4n) is 2.03. The van der Waals surface area contributed by atoms with Gasteiger partial charge in [-0.15, -0.1) is 10.2 Å². The highest BCUT2D eigenvalue weighted by Gasteiger charge is 2.31. The number of carbonyl (C=O) groups is 2. The van der Waals surface area contributed by atoms with Crippen LogP contribution < -0.4 is 5.32 Å². The van der Waals surface area contributed by atoms with Crippen LogP contribution in [0.25, 0.3) is 0 Å². The zero-order valence-electron chi connectivity index (χ0n) is 10.6. The first-order valence-corrected chi connectivity index (χ1v) is 6.00. The molecular weight excluding hydrogens is 234 g/mol. The molecule has 18 heavy (non-hydrogen) atoms. The molecule has 1 unspecified atom stereocenters. The van der Waals surface area contributed by atoms with Gasteiger partial charge in [0, 0.05) is 26.6 Å². The van der Waals surface area contributed by atoms with E-state index in [1.165, 1.54) is 0 Å². The molecule has 0 spiro atoms. The summed E-state index contributed by atoms with van der Waals surface area (Å²) in [6, 6.07) is 0. The number of hydrogen-bond donors (Lipinski definition) is 1. The van der Waals surface area contributed by atoms with E-state index in [2.05, 4.69) is 15.5 Å². The second-order valence-corrected chi connectivity index (χ2v) is 4.43. The van der Waals surface area contributed by atoms with Crippen LogP contribution in [0.2, 0.25) is 0 Å². The van der Waals surface area contributed by atoms with Crippen molar-refractivity contribution in [3.8, 4) is 0 Å². The highest BCUT2D eigenvalue weighted by atomic mass is 16.2. The van der Waals surface area contributed by atoms with Crippen LogP contribution in [0.5, 0.6) is 0 Å². The van der Waals surface area contributed by atoms with E-state index in [9.17, 15) is 9.59 Å². The average Bonchev–Trinajstić information content (AvgIpc) is 2.93. The van der Waals surface area contributed by atoms with E-state index in [1.807, 2.05) is 11.5 Å². The molecule has 0 saturated carbocycles. The number of rotatable bonds is 4. The smallest absolute Gasteiger partial charge is 0.225 e. The number of carbonyl (C=O) groups excluding carboxylic acids is 2. The van der Waals surface area contributed by atoms with Crippen LogP contribution in [0.15, 0.2) is 6.33 Å². The quantitative estimate of drug-likeness (QED) is 0.774. The second-order valence-electron chi connectivity index (χ2n) is 4.43. The summed E-state index contributed by atoms with van der Waals surface area (Å²) in [5, 5.41) is 10.5. The third-order valence-electron chi connectivity index (χ3n) is 3.17. The lowest BCUT2D eigenvalue weighted by atomic mass is 10.1. The van der Waals surface area contributed by atoms with Crippen LogP contribution in [0.4, 0.5) is 0 Å². The van der Waals surface area contributed by atoms with Gasteiger partial charge in [0.15, 0.2) is 5.82 Å². The van der Waals surface area contributed by atoms with E-state index in [4.69, 9.17) is 0 Å². The summed E-state index contributed by atoms with van der Waals surface area (Å²) < 4.78 is 1.87. The molecule has 1 saturated heterocycles. The maximum Gasteiger partial charge on any atom is 0.225 e. The first kappa shape index (κ1) is 12.5. The Morgan fingerprint density at radius 3 is 3.00 bits per heavy atom. The number of likely N-dealkylation sites (tertiary alicyclic amines) is 1. The maximum atomic E-state index is 11.9. The van der Waals surface area contributed by atoms with E-state index < -0.39 is 0 Å². The molecule has 0 bridgehead atoms. The molecule has 2 rings (SSSR count). The lowest BCUT2D eigenvalue weighted by molar-refractivity contribution is -0.128. The Hall–Kier alpha value is -1.92. The molecule has 1 aromatic heterocycles. The van der Waals surface area contributed by atoms with Crippen LogP contribution in [0.1, 0.15) is 19.2 Å². The molecular formula is C11H17N5O2. The van der Waals surface area contributed by atoms with Gasteiger partial charge < -0.3 is 14.8 Å². The second kappa shape index (κ2) is 5.16. The topological polar surface area (TPSA) is 80.1 Å². The Bertz CT molecular complexity index is 456. The van der Waals surface area contributed by atoms with Gasteiger partial charge in [0.1, 0.15) is 6.33 Å². The highest BCUT2D eigenvalue weighted by Crippen LogP contribution is 2.15. The highest BCUT2D eigenvalue weighted by molar-refractivity contribution is 5.89. The molecule has 0 aliphatic carbocycles. The Morgan fingerprint density at radius 2 is 2.39 bits per heavy atom. The van der Waals surface area contributed by atoms with Crippen molar-refractivity contribution in [2.75, 3.05) is 13.6 Å². The molecule has 0 aromatic carbocycles. The minimum atomic E-state index is -0.250. The van der Waals surface area contributed by atoms with E-state index in [0.717, 1.165) is 12.4 Å². The van der Waals surface area contributed by atoms with Crippen molar-refractivity contribution in [1.29, 1.82) is 0 Å². The van der Waals surface area contributed by atoms with Crippen molar-refractivity contribution in [3.05, 3.63) is 12.2 Å². The largest absolute Gasteiger partial charge is 0.348 e. The molecule has 1 fully saturated rings. The normalized spacial score (nSPS) is 19.3. The SMILES string of the molecule is CCn1cnnc1CNC(=O)C1CC(=O)N(C)C1. The third kappa shape index (κ3) is 2.49. The predicted octanol–water partition coefficient (Wildman–Crippen LogP) is -0.607. The average molecular weight is 251 g/mol. The Morgan fingerprint density at radius 1 is 1.61 bits per heavy atom. The maximum absolute atomic E-state index is 11.9. The number of aromatic nitrogens is 3. The molecule has 0 radical (unpaired) electrons. The van der Waals surface area contributed by atoms with Crippen molar-refractivity contribution in [2.24, 2.45) is 5.92 Å². The lowest BCUT2D eigenvalue weighted by Crippen LogP contribution is -2.32. The standard InChI is InChI=1S/C11H17N5O2/c1-3-16-7-13-14-9(16)5-12-11(18)8-4-10(17)15(2)6-8/h7-8H,3-6H2,1-2H3,(H,12,18). The van der Waals surface area contributed by atoms with E-state index in [-0.39, 0.29) is 17.7 Å². The van der Waals surface area contributed by atoms with Crippen molar-refractivity contribution in [2.45, 2.75) is 26.4 Å². The number of amides is 2. The van der Waals surface area contributed by atoms with Crippen molar-refractivity contribution in [3.63, 3.8) is 0 Å². The summed E-state index contributed by atoms with van der Waals surface area (Å²) in [6.07, 6.45) is 1.93. The molecule has 1 N–H and O–H groups in total. The van der Waals surface area contributed by atoms with E-state index in [1.54, 1.807) is 18.3 Å². The third-order valence-corrected chi connectivity index (χ3v) is 3.17. The van der Waals surface area contributed by atoms with Gasteiger partial charge in [0.05, 0.1) is 12.5 Å². The number of hydrogen-bond acceptors (Lipinski definition) is 4. The van der Waals surface area contributed by atoms with E-state index >= 15 is 0 Å². The van der Waals surface area contributed by atoms with Crippen LogP contribution in [-0.2, 0) is 22.7 Å². The summed E-state index contributed by atoms with van der Waals surface area (Å²) in [6.45, 7) is 3.59. The summed E-state index contributed by atoms with van der Waals surface area (Å²) >= 11 is 0. The Kier molecular flexibility index (Phi) is 3.59. The van der Waals surface area contributed by atoms with Gasteiger partial charge in [-0.05, 0) is 6.92 Å². The molecule has 2 heterocycles.